The van der Waals surface area contributed by atoms with Gasteiger partial charge in [0.05, 0.1) is 15.6 Å². The van der Waals surface area contributed by atoms with E-state index in [-0.39, 0.29) is 0 Å². The van der Waals surface area contributed by atoms with Crippen LogP contribution >= 0.6 is 31.9 Å². The summed E-state index contributed by atoms with van der Waals surface area (Å²) < 4.78 is 13.3. The maximum Gasteiger partial charge on any atom is 0.147 e. The van der Waals surface area contributed by atoms with Crippen molar-refractivity contribution >= 4 is 31.9 Å². The Bertz CT molecular complexity index is 397. The van der Waals surface area contributed by atoms with E-state index in [4.69, 9.17) is 9.47 Å². The van der Waals surface area contributed by atoms with Crippen LogP contribution in [-0.4, -0.2) is 26.9 Å². The monoisotopic (exact) mass is 391 g/mol. The van der Waals surface area contributed by atoms with E-state index in [1.807, 2.05) is 7.05 Å². The first-order valence-electron chi connectivity index (χ1n) is 6.53. The van der Waals surface area contributed by atoms with Gasteiger partial charge in [0.2, 0.25) is 0 Å². The van der Waals surface area contributed by atoms with Crippen LogP contribution in [-0.2, 0) is 11.3 Å². The highest BCUT2D eigenvalue weighted by Gasteiger charge is 2.16. The summed E-state index contributed by atoms with van der Waals surface area (Å²) >= 11 is 7.17. The van der Waals surface area contributed by atoms with Gasteiger partial charge in [0.15, 0.2) is 0 Å². The lowest BCUT2D eigenvalue weighted by molar-refractivity contribution is 0.0495. The Kier molecular flexibility index (Phi) is 6.13. The highest BCUT2D eigenvalue weighted by atomic mass is 79.9. The lowest BCUT2D eigenvalue weighted by Crippen LogP contribution is -2.21. The van der Waals surface area contributed by atoms with Crippen molar-refractivity contribution in [2.45, 2.75) is 19.4 Å². The van der Waals surface area contributed by atoms with E-state index >= 15 is 0 Å². The van der Waals surface area contributed by atoms with Gasteiger partial charge in [-0.3, -0.25) is 0 Å². The lowest BCUT2D eigenvalue weighted by atomic mass is 10.0. The fraction of sp³-hybridized carbons (Fsp3) is 0.571. The van der Waals surface area contributed by atoms with Crippen LogP contribution in [0.1, 0.15) is 18.4 Å². The molecule has 2 rings (SSSR count). The number of halogens is 2. The molecule has 0 aliphatic carbocycles. The van der Waals surface area contributed by atoms with Crippen molar-refractivity contribution < 1.29 is 9.47 Å². The van der Waals surface area contributed by atoms with Gasteiger partial charge < -0.3 is 14.8 Å². The molecule has 0 spiro atoms. The van der Waals surface area contributed by atoms with Gasteiger partial charge >= 0.3 is 0 Å². The number of hydrogen-bond acceptors (Lipinski definition) is 3. The molecule has 0 radical (unpaired) electrons. The molecule has 0 saturated carbocycles. The van der Waals surface area contributed by atoms with Crippen LogP contribution in [0.15, 0.2) is 21.1 Å². The molecule has 1 fully saturated rings. The second kappa shape index (κ2) is 7.62. The summed E-state index contributed by atoms with van der Waals surface area (Å²) in [4.78, 5) is 0. The van der Waals surface area contributed by atoms with E-state index < -0.39 is 0 Å². The molecule has 5 heteroatoms. The first-order chi connectivity index (χ1) is 9.20. The number of nitrogens with one attached hydrogen (secondary N) is 1. The molecule has 1 aliphatic heterocycles. The molecule has 0 unspecified atom stereocenters. The van der Waals surface area contributed by atoms with Crippen LogP contribution in [0.2, 0.25) is 0 Å². The molecule has 0 amide bonds. The minimum atomic E-state index is 0.601. The zero-order valence-corrected chi connectivity index (χ0v) is 14.2. The second-order valence-corrected chi connectivity index (χ2v) is 6.49. The fourth-order valence-corrected chi connectivity index (χ4v) is 3.68. The first kappa shape index (κ1) is 15.3. The third kappa shape index (κ3) is 4.45. The molecular formula is C14H19Br2NO2. The predicted octanol–water partition coefficient (Wildman–Crippen LogP) is 3.74. The number of ether oxygens (including phenoxy) is 2. The van der Waals surface area contributed by atoms with Crippen LogP contribution in [0.3, 0.4) is 0 Å². The number of rotatable bonds is 5. The van der Waals surface area contributed by atoms with Crippen molar-refractivity contribution in [3.8, 4) is 5.75 Å². The standard InChI is InChI=1S/C14H19Br2NO2/c1-17-8-11-6-12(15)14(13(16)7-11)19-9-10-2-4-18-5-3-10/h6-7,10,17H,2-5,8-9H2,1H3. The molecule has 1 heterocycles. The Labute approximate surface area is 131 Å². The van der Waals surface area contributed by atoms with Crippen LogP contribution < -0.4 is 10.1 Å². The molecule has 1 aromatic carbocycles. The van der Waals surface area contributed by atoms with Crippen LogP contribution in [0.25, 0.3) is 0 Å². The van der Waals surface area contributed by atoms with E-state index in [0.717, 1.165) is 53.9 Å². The summed E-state index contributed by atoms with van der Waals surface area (Å²) in [5, 5.41) is 3.15. The molecule has 3 nitrogen and oxygen atoms in total. The molecule has 1 aromatic rings. The van der Waals surface area contributed by atoms with Crippen molar-refractivity contribution in [3.63, 3.8) is 0 Å². The van der Waals surface area contributed by atoms with E-state index in [2.05, 4.69) is 49.3 Å². The number of benzene rings is 1. The average Bonchev–Trinajstić information content (AvgIpc) is 2.39. The van der Waals surface area contributed by atoms with Gasteiger partial charge in [0.25, 0.3) is 0 Å². The summed E-state index contributed by atoms with van der Waals surface area (Å²) in [5.41, 5.74) is 1.22. The third-order valence-corrected chi connectivity index (χ3v) is 4.42. The van der Waals surface area contributed by atoms with Gasteiger partial charge in [0, 0.05) is 19.8 Å². The van der Waals surface area contributed by atoms with Gasteiger partial charge in [-0.25, -0.2) is 0 Å². The highest BCUT2D eigenvalue weighted by Crippen LogP contribution is 2.35. The SMILES string of the molecule is CNCc1cc(Br)c(OCC2CCOCC2)c(Br)c1. The van der Waals surface area contributed by atoms with Gasteiger partial charge in [-0.1, -0.05) is 0 Å². The molecule has 1 aliphatic rings. The summed E-state index contributed by atoms with van der Waals surface area (Å²) in [7, 11) is 1.94. The number of hydrogen-bond donors (Lipinski definition) is 1. The lowest BCUT2D eigenvalue weighted by Gasteiger charge is -2.23. The van der Waals surface area contributed by atoms with Gasteiger partial charge in [-0.05, 0) is 75.4 Å². The van der Waals surface area contributed by atoms with Crippen molar-refractivity contribution in [1.29, 1.82) is 0 Å². The smallest absolute Gasteiger partial charge is 0.147 e. The van der Waals surface area contributed by atoms with Gasteiger partial charge in [-0.15, -0.1) is 0 Å². The predicted molar refractivity (Wildman–Crippen MR) is 83.6 cm³/mol. The van der Waals surface area contributed by atoms with Gasteiger partial charge in [0.1, 0.15) is 5.75 Å². The Morgan fingerprint density at radius 2 is 1.89 bits per heavy atom. The molecule has 106 valence electrons. The maximum absolute atomic E-state index is 5.97. The van der Waals surface area contributed by atoms with E-state index in [0.29, 0.717) is 5.92 Å². The Morgan fingerprint density at radius 1 is 1.26 bits per heavy atom. The second-order valence-electron chi connectivity index (χ2n) is 4.79. The third-order valence-electron chi connectivity index (χ3n) is 3.24. The van der Waals surface area contributed by atoms with E-state index in [9.17, 15) is 0 Å². The van der Waals surface area contributed by atoms with Crippen molar-refractivity contribution in [1.82, 2.24) is 5.32 Å². The highest BCUT2D eigenvalue weighted by molar-refractivity contribution is 9.11. The van der Waals surface area contributed by atoms with E-state index in [1.54, 1.807) is 0 Å². The average molecular weight is 393 g/mol. The Hall–Kier alpha value is -0.100. The summed E-state index contributed by atoms with van der Waals surface area (Å²) in [6, 6.07) is 4.20. The van der Waals surface area contributed by atoms with Crippen molar-refractivity contribution in [2.24, 2.45) is 5.92 Å². The molecule has 0 bridgehead atoms. The summed E-state index contributed by atoms with van der Waals surface area (Å²) in [6.45, 7) is 3.32. The van der Waals surface area contributed by atoms with Crippen LogP contribution in [0.5, 0.6) is 5.75 Å². The molecular weight excluding hydrogens is 374 g/mol. The molecule has 1 N–H and O–H groups in total. The van der Waals surface area contributed by atoms with Crippen LogP contribution in [0, 0.1) is 5.92 Å². The van der Waals surface area contributed by atoms with Crippen LogP contribution in [0.4, 0.5) is 0 Å². The minimum Gasteiger partial charge on any atom is -0.491 e. The zero-order chi connectivity index (χ0) is 13.7. The minimum absolute atomic E-state index is 0.601. The summed E-state index contributed by atoms with van der Waals surface area (Å²) in [5.74, 6) is 1.50. The molecule has 1 saturated heterocycles. The molecule has 0 atom stereocenters. The molecule has 19 heavy (non-hydrogen) atoms. The van der Waals surface area contributed by atoms with Gasteiger partial charge in [-0.2, -0.15) is 0 Å². The van der Waals surface area contributed by atoms with Crippen molar-refractivity contribution in [3.05, 3.63) is 26.6 Å². The largest absolute Gasteiger partial charge is 0.491 e. The maximum atomic E-state index is 5.97. The Balaban J connectivity index is 1.99. The molecule has 0 aromatic heterocycles. The van der Waals surface area contributed by atoms with Crippen molar-refractivity contribution in [2.75, 3.05) is 26.9 Å². The topological polar surface area (TPSA) is 30.5 Å². The Morgan fingerprint density at radius 3 is 2.47 bits per heavy atom. The normalized spacial score (nSPS) is 16.6. The zero-order valence-electron chi connectivity index (χ0n) is 11.0. The summed E-state index contributed by atoms with van der Waals surface area (Å²) in [6.07, 6.45) is 2.18. The fourth-order valence-electron chi connectivity index (χ4n) is 2.17. The quantitative estimate of drug-likeness (QED) is 0.827. The van der Waals surface area contributed by atoms with E-state index in [1.165, 1.54) is 5.56 Å². The first-order valence-corrected chi connectivity index (χ1v) is 8.12.